The van der Waals surface area contributed by atoms with Gasteiger partial charge in [-0.1, -0.05) is 31.5 Å². The van der Waals surface area contributed by atoms with Gasteiger partial charge in [0, 0.05) is 12.6 Å². The summed E-state index contributed by atoms with van der Waals surface area (Å²) in [5.41, 5.74) is 4.75. The summed E-state index contributed by atoms with van der Waals surface area (Å²) in [6.07, 6.45) is 0.755. The number of hydrogen-bond donors (Lipinski definition) is 1. The van der Waals surface area contributed by atoms with Gasteiger partial charge < -0.3 is 10.0 Å². The summed E-state index contributed by atoms with van der Waals surface area (Å²) in [6.45, 7) is 13.7. The lowest BCUT2D eigenvalue weighted by Gasteiger charge is -2.29. The van der Waals surface area contributed by atoms with Crippen LogP contribution in [0.5, 0.6) is 0 Å². The molecular formula is C18H31NO. The first-order valence-corrected chi connectivity index (χ1v) is 7.68. The van der Waals surface area contributed by atoms with Gasteiger partial charge in [0.2, 0.25) is 0 Å². The van der Waals surface area contributed by atoms with E-state index < -0.39 is 6.10 Å². The Kier molecular flexibility index (Phi) is 6.22. The molecule has 0 fully saturated rings. The van der Waals surface area contributed by atoms with E-state index in [9.17, 15) is 5.11 Å². The molecule has 1 aromatic rings. The van der Waals surface area contributed by atoms with Crippen molar-refractivity contribution < 1.29 is 5.11 Å². The van der Waals surface area contributed by atoms with Crippen LogP contribution < -0.4 is 0 Å². The van der Waals surface area contributed by atoms with E-state index in [1.54, 1.807) is 0 Å². The lowest BCUT2D eigenvalue weighted by atomic mass is 9.95. The van der Waals surface area contributed by atoms with Gasteiger partial charge in [0.1, 0.15) is 0 Å². The number of aryl methyl sites for hydroxylation is 3. The smallest absolute Gasteiger partial charge is 0.0922 e. The molecule has 0 aromatic heterocycles. The van der Waals surface area contributed by atoms with Crippen LogP contribution in [0.3, 0.4) is 0 Å². The summed E-state index contributed by atoms with van der Waals surface area (Å²) in [5.74, 6) is 0.687. The normalized spacial score (nSPS) is 14.9. The van der Waals surface area contributed by atoms with Crippen LogP contribution in [0.1, 0.15) is 55.5 Å². The molecule has 0 saturated carbocycles. The summed E-state index contributed by atoms with van der Waals surface area (Å²) < 4.78 is 0. The minimum Gasteiger partial charge on any atom is -0.387 e. The summed E-state index contributed by atoms with van der Waals surface area (Å²) in [5, 5.41) is 10.6. The quantitative estimate of drug-likeness (QED) is 0.849. The fraction of sp³-hybridized carbons (Fsp3) is 0.667. The van der Waals surface area contributed by atoms with Gasteiger partial charge >= 0.3 is 0 Å². The van der Waals surface area contributed by atoms with E-state index >= 15 is 0 Å². The number of nitrogens with zero attached hydrogens (tertiary/aromatic N) is 1. The van der Waals surface area contributed by atoms with Crippen LogP contribution in [-0.4, -0.2) is 29.6 Å². The Bertz CT molecular complexity index is 416. The minimum atomic E-state index is -0.407. The second-order valence-electron chi connectivity index (χ2n) is 6.75. The number of hydrogen-bond acceptors (Lipinski definition) is 2. The van der Waals surface area contributed by atoms with Gasteiger partial charge in [-0.15, -0.1) is 0 Å². The molecule has 1 rings (SSSR count). The van der Waals surface area contributed by atoms with Gasteiger partial charge in [-0.25, -0.2) is 0 Å². The van der Waals surface area contributed by atoms with E-state index in [1.165, 1.54) is 16.7 Å². The first-order chi connectivity index (χ1) is 9.22. The molecule has 0 saturated heterocycles. The molecule has 0 amide bonds. The van der Waals surface area contributed by atoms with Gasteiger partial charge in [-0.2, -0.15) is 0 Å². The molecule has 2 atom stereocenters. The minimum absolute atomic E-state index is 0.407. The maximum absolute atomic E-state index is 10.6. The largest absolute Gasteiger partial charge is 0.387 e. The Morgan fingerprint density at radius 2 is 1.55 bits per heavy atom. The third-order valence-corrected chi connectivity index (χ3v) is 4.10. The highest BCUT2D eigenvalue weighted by Gasteiger charge is 2.19. The Morgan fingerprint density at radius 1 is 1.05 bits per heavy atom. The Hall–Kier alpha value is -0.860. The van der Waals surface area contributed by atoms with Crippen molar-refractivity contribution in [2.45, 2.75) is 60.1 Å². The van der Waals surface area contributed by atoms with Crippen molar-refractivity contribution in [3.8, 4) is 0 Å². The molecule has 1 aromatic carbocycles. The van der Waals surface area contributed by atoms with Crippen molar-refractivity contribution in [3.05, 3.63) is 34.4 Å². The average Bonchev–Trinajstić information content (AvgIpc) is 2.25. The van der Waals surface area contributed by atoms with E-state index in [0.29, 0.717) is 18.5 Å². The molecule has 2 nitrogen and oxygen atoms in total. The van der Waals surface area contributed by atoms with Crippen LogP contribution in [-0.2, 0) is 0 Å². The lowest BCUT2D eigenvalue weighted by Crippen LogP contribution is -2.34. The van der Waals surface area contributed by atoms with Crippen molar-refractivity contribution in [2.75, 3.05) is 13.6 Å². The summed E-state index contributed by atoms with van der Waals surface area (Å²) in [6, 6.07) is 4.81. The van der Waals surface area contributed by atoms with E-state index in [0.717, 1.165) is 12.0 Å². The number of likely N-dealkylation sites (N-methyl/N-ethyl adjacent to an activating group) is 1. The van der Waals surface area contributed by atoms with Gasteiger partial charge in [0.25, 0.3) is 0 Å². The molecule has 0 radical (unpaired) electrons. The third-order valence-electron chi connectivity index (χ3n) is 4.10. The Balaban J connectivity index is 2.79. The van der Waals surface area contributed by atoms with Crippen LogP contribution in [0.2, 0.25) is 0 Å². The van der Waals surface area contributed by atoms with Gasteiger partial charge in [0.15, 0.2) is 0 Å². The molecule has 20 heavy (non-hydrogen) atoms. The van der Waals surface area contributed by atoms with Crippen molar-refractivity contribution in [2.24, 2.45) is 5.92 Å². The first kappa shape index (κ1) is 17.2. The maximum Gasteiger partial charge on any atom is 0.0922 e. The van der Waals surface area contributed by atoms with Crippen LogP contribution in [0.15, 0.2) is 12.1 Å². The van der Waals surface area contributed by atoms with Gasteiger partial charge in [-0.3, -0.25) is 0 Å². The molecule has 0 spiro atoms. The topological polar surface area (TPSA) is 23.5 Å². The van der Waals surface area contributed by atoms with E-state index in [2.05, 4.69) is 65.6 Å². The number of rotatable bonds is 6. The molecule has 0 aliphatic carbocycles. The van der Waals surface area contributed by atoms with Crippen molar-refractivity contribution in [1.82, 2.24) is 4.90 Å². The molecule has 114 valence electrons. The van der Waals surface area contributed by atoms with Crippen molar-refractivity contribution >= 4 is 0 Å². The fourth-order valence-corrected chi connectivity index (χ4v) is 3.12. The van der Waals surface area contributed by atoms with Gasteiger partial charge in [-0.05, 0) is 63.8 Å². The molecule has 2 unspecified atom stereocenters. The maximum atomic E-state index is 10.6. The molecule has 0 aliphatic rings. The monoisotopic (exact) mass is 277 g/mol. The predicted molar refractivity (Wildman–Crippen MR) is 87.2 cm³/mol. The number of aliphatic hydroxyl groups excluding tert-OH is 1. The highest BCUT2D eigenvalue weighted by Crippen LogP contribution is 2.25. The van der Waals surface area contributed by atoms with E-state index in [4.69, 9.17) is 0 Å². The number of aliphatic hydroxyl groups is 1. The SMILES string of the molecule is Cc1cc(C)c(C(O)CN(C)C(C)CC(C)C)c(C)c1. The van der Waals surface area contributed by atoms with Crippen LogP contribution in [0.4, 0.5) is 0 Å². The summed E-state index contributed by atoms with van der Waals surface area (Å²) >= 11 is 0. The second-order valence-corrected chi connectivity index (χ2v) is 6.75. The van der Waals surface area contributed by atoms with Gasteiger partial charge in [0.05, 0.1) is 6.10 Å². The zero-order valence-corrected chi connectivity index (χ0v) is 14.2. The van der Waals surface area contributed by atoms with E-state index in [1.807, 2.05) is 0 Å². The second kappa shape index (κ2) is 7.24. The molecule has 2 heteroatoms. The van der Waals surface area contributed by atoms with Crippen LogP contribution in [0, 0.1) is 26.7 Å². The zero-order chi connectivity index (χ0) is 15.4. The molecule has 0 aliphatic heterocycles. The standard InChI is InChI=1S/C18H31NO/c1-12(2)8-16(6)19(7)11-17(20)18-14(4)9-13(3)10-15(18)5/h9-10,12,16-17,20H,8,11H2,1-7H3. The number of benzene rings is 1. The van der Waals surface area contributed by atoms with Crippen molar-refractivity contribution in [3.63, 3.8) is 0 Å². The van der Waals surface area contributed by atoms with Crippen LogP contribution >= 0.6 is 0 Å². The molecule has 0 bridgehead atoms. The highest BCUT2D eigenvalue weighted by atomic mass is 16.3. The summed E-state index contributed by atoms with van der Waals surface area (Å²) in [4.78, 5) is 2.27. The fourth-order valence-electron chi connectivity index (χ4n) is 3.12. The Labute approximate surface area is 124 Å². The average molecular weight is 277 g/mol. The third kappa shape index (κ3) is 4.60. The highest BCUT2D eigenvalue weighted by molar-refractivity contribution is 5.39. The molecule has 1 N–H and O–H groups in total. The predicted octanol–water partition coefficient (Wildman–Crippen LogP) is 4.01. The Morgan fingerprint density at radius 3 is 2.00 bits per heavy atom. The molecule has 0 heterocycles. The molecular weight excluding hydrogens is 246 g/mol. The zero-order valence-electron chi connectivity index (χ0n) is 14.2. The van der Waals surface area contributed by atoms with E-state index in [-0.39, 0.29) is 0 Å². The van der Waals surface area contributed by atoms with Crippen LogP contribution in [0.25, 0.3) is 0 Å². The lowest BCUT2D eigenvalue weighted by molar-refractivity contribution is 0.101. The summed E-state index contributed by atoms with van der Waals surface area (Å²) in [7, 11) is 2.11. The van der Waals surface area contributed by atoms with Crippen molar-refractivity contribution in [1.29, 1.82) is 0 Å². The first-order valence-electron chi connectivity index (χ1n) is 7.68.